The number of piperidine rings is 1. The van der Waals surface area contributed by atoms with E-state index in [4.69, 9.17) is 9.57 Å². The van der Waals surface area contributed by atoms with Crippen molar-refractivity contribution in [3.05, 3.63) is 35.9 Å². The number of hydroxylamine groups is 2. The molecular formula is C13H17NO3. The molecule has 1 fully saturated rings. The molecule has 1 saturated heterocycles. The van der Waals surface area contributed by atoms with Crippen LogP contribution in [0.5, 0.6) is 0 Å². The van der Waals surface area contributed by atoms with Gasteiger partial charge in [0.15, 0.2) is 0 Å². The standard InChI is InChI=1S/C13H17NO3/c1-16-12-7-9-14(10-8-12)17-13(15)11-5-3-2-4-6-11/h2-6,12H,7-10H2,1H3. The second kappa shape index (κ2) is 5.80. The van der Waals surface area contributed by atoms with Crippen LogP contribution in [0.3, 0.4) is 0 Å². The minimum Gasteiger partial charge on any atom is -0.381 e. The minimum absolute atomic E-state index is 0.290. The van der Waals surface area contributed by atoms with Gasteiger partial charge >= 0.3 is 5.97 Å². The Bertz CT molecular complexity index is 358. The fourth-order valence-electron chi connectivity index (χ4n) is 1.90. The monoisotopic (exact) mass is 235 g/mol. The van der Waals surface area contributed by atoms with Crippen molar-refractivity contribution < 1.29 is 14.4 Å². The summed E-state index contributed by atoms with van der Waals surface area (Å²) in [4.78, 5) is 17.1. The van der Waals surface area contributed by atoms with Gasteiger partial charge in [0.25, 0.3) is 0 Å². The number of hydrogen-bond acceptors (Lipinski definition) is 4. The lowest BCUT2D eigenvalue weighted by Crippen LogP contribution is -2.38. The zero-order chi connectivity index (χ0) is 12.1. The number of methoxy groups -OCH3 is 1. The largest absolute Gasteiger partial charge is 0.381 e. The van der Waals surface area contributed by atoms with E-state index in [1.165, 1.54) is 0 Å². The molecule has 0 bridgehead atoms. The third-order valence-corrected chi connectivity index (χ3v) is 2.96. The second-order valence-corrected chi connectivity index (χ2v) is 4.11. The van der Waals surface area contributed by atoms with Crippen LogP contribution in [0, 0.1) is 0 Å². The van der Waals surface area contributed by atoms with Gasteiger partial charge in [0.2, 0.25) is 0 Å². The van der Waals surface area contributed by atoms with E-state index in [0.717, 1.165) is 25.9 Å². The van der Waals surface area contributed by atoms with Gasteiger partial charge in [-0.3, -0.25) is 0 Å². The lowest BCUT2D eigenvalue weighted by atomic mass is 10.1. The molecule has 1 aliphatic rings. The van der Waals surface area contributed by atoms with Crippen LogP contribution in [0.25, 0.3) is 0 Å². The summed E-state index contributed by atoms with van der Waals surface area (Å²) in [7, 11) is 1.72. The molecular weight excluding hydrogens is 218 g/mol. The van der Waals surface area contributed by atoms with E-state index < -0.39 is 0 Å². The van der Waals surface area contributed by atoms with E-state index in [1.807, 2.05) is 18.2 Å². The van der Waals surface area contributed by atoms with E-state index in [1.54, 1.807) is 24.3 Å². The second-order valence-electron chi connectivity index (χ2n) is 4.11. The highest BCUT2D eigenvalue weighted by Crippen LogP contribution is 2.14. The van der Waals surface area contributed by atoms with Crippen molar-refractivity contribution in [2.45, 2.75) is 18.9 Å². The summed E-state index contributed by atoms with van der Waals surface area (Å²) >= 11 is 0. The smallest absolute Gasteiger partial charge is 0.357 e. The highest BCUT2D eigenvalue weighted by molar-refractivity contribution is 5.89. The zero-order valence-corrected chi connectivity index (χ0v) is 9.96. The van der Waals surface area contributed by atoms with Crippen molar-refractivity contribution >= 4 is 5.97 Å². The first-order valence-corrected chi connectivity index (χ1v) is 5.84. The Labute approximate surface area is 101 Å². The molecule has 0 amide bonds. The molecule has 1 aliphatic heterocycles. The maximum Gasteiger partial charge on any atom is 0.357 e. The number of benzene rings is 1. The predicted octanol–water partition coefficient (Wildman–Crippen LogP) is 1.87. The normalized spacial score (nSPS) is 17.9. The highest BCUT2D eigenvalue weighted by Gasteiger charge is 2.21. The zero-order valence-electron chi connectivity index (χ0n) is 9.96. The van der Waals surface area contributed by atoms with E-state index in [2.05, 4.69) is 0 Å². The summed E-state index contributed by atoms with van der Waals surface area (Å²) in [6.07, 6.45) is 2.10. The number of carbonyl (C=O) groups excluding carboxylic acids is 1. The quantitative estimate of drug-likeness (QED) is 0.801. The van der Waals surface area contributed by atoms with Crippen molar-refractivity contribution in [3.8, 4) is 0 Å². The Morgan fingerprint density at radius 1 is 1.24 bits per heavy atom. The maximum atomic E-state index is 11.8. The number of hydrogen-bond donors (Lipinski definition) is 0. The molecule has 1 heterocycles. The molecule has 0 saturated carbocycles. The Hall–Kier alpha value is -1.39. The van der Waals surface area contributed by atoms with E-state index in [9.17, 15) is 4.79 Å². The van der Waals surface area contributed by atoms with Gasteiger partial charge in [-0.1, -0.05) is 18.2 Å². The first kappa shape index (κ1) is 12.1. The van der Waals surface area contributed by atoms with Crippen LogP contribution in [0.4, 0.5) is 0 Å². The number of ether oxygens (including phenoxy) is 1. The lowest BCUT2D eigenvalue weighted by molar-refractivity contribution is -0.136. The third kappa shape index (κ3) is 3.28. The van der Waals surface area contributed by atoms with Crippen molar-refractivity contribution in [3.63, 3.8) is 0 Å². The molecule has 1 aromatic rings. The van der Waals surface area contributed by atoms with Gasteiger partial charge in [0, 0.05) is 20.2 Å². The van der Waals surface area contributed by atoms with E-state index in [-0.39, 0.29) is 5.97 Å². The Balaban J connectivity index is 1.84. The van der Waals surface area contributed by atoms with Crippen LogP contribution in [-0.2, 0) is 9.57 Å². The first-order valence-electron chi connectivity index (χ1n) is 5.84. The Kier molecular flexibility index (Phi) is 4.12. The molecule has 4 nitrogen and oxygen atoms in total. The van der Waals surface area contributed by atoms with Crippen LogP contribution in [0.1, 0.15) is 23.2 Å². The minimum atomic E-state index is -0.290. The lowest BCUT2D eigenvalue weighted by Gasteiger charge is -2.29. The van der Waals surface area contributed by atoms with Gasteiger partial charge in [-0.2, -0.15) is 0 Å². The first-order chi connectivity index (χ1) is 8.29. The summed E-state index contributed by atoms with van der Waals surface area (Å²) in [6.45, 7) is 1.47. The van der Waals surface area contributed by atoms with E-state index >= 15 is 0 Å². The van der Waals surface area contributed by atoms with Crippen LogP contribution in [0.15, 0.2) is 30.3 Å². The average Bonchev–Trinajstić information content (AvgIpc) is 2.40. The number of nitrogens with zero attached hydrogens (tertiary/aromatic N) is 1. The maximum absolute atomic E-state index is 11.8. The summed E-state index contributed by atoms with van der Waals surface area (Å²) in [6, 6.07) is 9.04. The summed E-state index contributed by atoms with van der Waals surface area (Å²) in [5.74, 6) is -0.290. The fourth-order valence-corrected chi connectivity index (χ4v) is 1.90. The van der Waals surface area contributed by atoms with Gasteiger partial charge in [0.1, 0.15) is 0 Å². The average molecular weight is 235 g/mol. The molecule has 17 heavy (non-hydrogen) atoms. The predicted molar refractivity (Wildman–Crippen MR) is 63.5 cm³/mol. The molecule has 0 unspecified atom stereocenters. The van der Waals surface area contributed by atoms with Gasteiger partial charge < -0.3 is 9.57 Å². The molecule has 0 spiro atoms. The van der Waals surface area contributed by atoms with Crippen molar-refractivity contribution in [2.24, 2.45) is 0 Å². The molecule has 0 atom stereocenters. The van der Waals surface area contributed by atoms with E-state index in [0.29, 0.717) is 11.7 Å². The van der Waals surface area contributed by atoms with Crippen molar-refractivity contribution in [1.82, 2.24) is 5.06 Å². The number of rotatable bonds is 3. The Morgan fingerprint density at radius 2 is 1.88 bits per heavy atom. The molecule has 92 valence electrons. The van der Waals surface area contributed by atoms with Crippen LogP contribution >= 0.6 is 0 Å². The molecule has 4 heteroatoms. The molecule has 2 rings (SSSR count). The summed E-state index contributed by atoms with van der Waals surface area (Å²) in [5.41, 5.74) is 0.585. The summed E-state index contributed by atoms with van der Waals surface area (Å²) < 4.78 is 5.26. The highest BCUT2D eigenvalue weighted by atomic mass is 16.7. The molecule has 1 aromatic carbocycles. The van der Waals surface area contributed by atoms with Gasteiger partial charge in [-0.25, -0.2) is 4.79 Å². The fraction of sp³-hybridized carbons (Fsp3) is 0.462. The molecule has 0 N–H and O–H groups in total. The molecule has 0 radical (unpaired) electrons. The van der Waals surface area contributed by atoms with Crippen LogP contribution in [-0.4, -0.2) is 37.3 Å². The SMILES string of the molecule is COC1CCN(OC(=O)c2ccccc2)CC1. The Morgan fingerprint density at radius 3 is 2.47 bits per heavy atom. The van der Waals surface area contributed by atoms with Gasteiger partial charge in [-0.05, 0) is 25.0 Å². The topological polar surface area (TPSA) is 38.8 Å². The number of carbonyl (C=O) groups is 1. The van der Waals surface area contributed by atoms with Crippen molar-refractivity contribution in [1.29, 1.82) is 0 Å². The van der Waals surface area contributed by atoms with Gasteiger partial charge in [0.05, 0.1) is 11.7 Å². The van der Waals surface area contributed by atoms with Crippen molar-refractivity contribution in [2.75, 3.05) is 20.2 Å². The van der Waals surface area contributed by atoms with Crippen LogP contribution in [0.2, 0.25) is 0 Å². The third-order valence-electron chi connectivity index (χ3n) is 2.96. The molecule has 0 aromatic heterocycles. The summed E-state index contributed by atoms with van der Waals surface area (Å²) in [5, 5.41) is 1.71. The van der Waals surface area contributed by atoms with Crippen LogP contribution < -0.4 is 0 Å². The molecule has 0 aliphatic carbocycles. The van der Waals surface area contributed by atoms with Gasteiger partial charge in [-0.15, -0.1) is 5.06 Å².